The van der Waals surface area contributed by atoms with Gasteiger partial charge < -0.3 is 34.1 Å². The van der Waals surface area contributed by atoms with Crippen LogP contribution >= 0.6 is 0 Å². The SMILES string of the molecule is COc1cc(Nc2nc(-c3cnc4c(c3)NCCO4)cn3ccnc23)ccc1N1CCN(C2(C)COC2)CC1. The van der Waals surface area contributed by atoms with Crippen LogP contribution in [0.25, 0.3) is 16.9 Å². The van der Waals surface area contributed by atoms with Crippen molar-refractivity contribution in [2.45, 2.75) is 12.5 Å². The summed E-state index contributed by atoms with van der Waals surface area (Å²) < 4.78 is 18.9. The van der Waals surface area contributed by atoms with Gasteiger partial charge in [0.25, 0.3) is 0 Å². The Hall–Kier alpha value is -4.09. The van der Waals surface area contributed by atoms with E-state index in [1.165, 1.54) is 0 Å². The molecular formula is C28H32N8O3. The Bertz CT molecular complexity index is 1510. The number of hydrogen-bond acceptors (Lipinski definition) is 10. The highest BCUT2D eigenvalue weighted by Crippen LogP contribution is 2.35. The molecule has 0 bridgehead atoms. The molecular weight excluding hydrogens is 496 g/mol. The van der Waals surface area contributed by atoms with Crippen molar-refractivity contribution in [2.24, 2.45) is 0 Å². The summed E-state index contributed by atoms with van der Waals surface area (Å²) in [5, 5.41) is 6.82. The third kappa shape index (κ3) is 4.37. The first-order valence-electron chi connectivity index (χ1n) is 13.3. The molecule has 11 nitrogen and oxygen atoms in total. The summed E-state index contributed by atoms with van der Waals surface area (Å²) in [5.74, 6) is 2.10. The highest BCUT2D eigenvalue weighted by atomic mass is 16.5. The minimum atomic E-state index is 0.184. The molecule has 0 unspecified atom stereocenters. The van der Waals surface area contributed by atoms with Gasteiger partial charge in [-0.2, -0.15) is 0 Å². The number of hydrogen-bond donors (Lipinski definition) is 2. The Morgan fingerprint density at radius 2 is 1.97 bits per heavy atom. The lowest BCUT2D eigenvalue weighted by Gasteiger charge is -2.50. The number of nitrogens with one attached hydrogen (secondary N) is 2. The predicted molar refractivity (Wildman–Crippen MR) is 149 cm³/mol. The molecule has 3 aromatic heterocycles. The normalized spacial score (nSPS) is 18.6. The summed E-state index contributed by atoms with van der Waals surface area (Å²) in [4.78, 5) is 18.9. The van der Waals surface area contributed by atoms with Gasteiger partial charge in [0, 0.05) is 74.8 Å². The Balaban J connectivity index is 1.14. The molecule has 2 N–H and O–H groups in total. The van der Waals surface area contributed by atoms with Crippen LogP contribution in [-0.2, 0) is 4.74 Å². The molecule has 6 heterocycles. The monoisotopic (exact) mass is 528 g/mol. The maximum Gasteiger partial charge on any atom is 0.237 e. The fourth-order valence-corrected chi connectivity index (χ4v) is 5.54. The number of nitrogens with zero attached hydrogens (tertiary/aromatic N) is 6. The van der Waals surface area contributed by atoms with Crippen LogP contribution in [0.2, 0.25) is 0 Å². The highest BCUT2D eigenvalue weighted by Gasteiger charge is 2.40. The summed E-state index contributed by atoms with van der Waals surface area (Å²) >= 11 is 0. The van der Waals surface area contributed by atoms with Crippen LogP contribution in [0.3, 0.4) is 0 Å². The summed E-state index contributed by atoms with van der Waals surface area (Å²) in [6.45, 7) is 9.22. The Labute approximate surface area is 226 Å². The molecule has 0 saturated carbocycles. The lowest BCUT2D eigenvalue weighted by molar-refractivity contribution is -0.131. The van der Waals surface area contributed by atoms with Crippen LogP contribution < -0.4 is 25.0 Å². The first-order chi connectivity index (χ1) is 19.1. The van der Waals surface area contributed by atoms with Crippen molar-refractivity contribution >= 4 is 28.5 Å². The van der Waals surface area contributed by atoms with Crippen molar-refractivity contribution in [1.82, 2.24) is 24.3 Å². The molecule has 3 aliphatic heterocycles. The molecule has 1 aromatic carbocycles. The zero-order valence-electron chi connectivity index (χ0n) is 22.2. The zero-order valence-corrected chi connectivity index (χ0v) is 22.2. The predicted octanol–water partition coefficient (Wildman–Crippen LogP) is 3.26. The lowest BCUT2D eigenvalue weighted by Crippen LogP contribution is -2.64. The fraction of sp³-hybridized carbons (Fsp3) is 0.393. The molecule has 202 valence electrons. The molecule has 2 fully saturated rings. The van der Waals surface area contributed by atoms with Gasteiger partial charge in [-0.3, -0.25) is 4.90 Å². The van der Waals surface area contributed by atoms with E-state index >= 15 is 0 Å². The Morgan fingerprint density at radius 3 is 2.77 bits per heavy atom. The molecule has 0 atom stereocenters. The maximum absolute atomic E-state index is 5.84. The van der Waals surface area contributed by atoms with Gasteiger partial charge in [-0.25, -0.2) is 15.0 Å². The summed E-state index contributed by atoms with van der Waals surface area (Å²) in [6.07, 6.45) is 7.43. The Kier molecular flexibility index (Phi) is 5.89. The second-order valence-electron chi connectivity index (χ2n) is 10.5. The topological polar surface area (TPSA) is 101 Å². The number of fused-ring (bicyclic) bond motifs is 2. The molecule has 3 aliphatic rings. The van der Waals surface area contributed by atoms with E-state index in [4.69, 9.17) is 19.2 Å². The van der Waals surface area contributed by atoms with Crippen molar-refractivity contribution in [3.8, 4) is 22.9 Å². The summed E-state index contributed by atoms with van der Waals surface area (Å²) in [7, 11) is 1.72. The number of benzene rings is 1. The van der Waals surface area contributed by atoms with E-state index in [1.807, 2.05) is 28.9 Å². The molecule has 0 aliphatic carbocycles. The number of pyridine rings is 1. The molecule has 0 amide bonds. The minimum absolute atomic E-state index is 0.184. The van der Waals surface area contributed by atoms with Gasteiger partial charge in [-0.15, -0.1) is 0 Å². The van der Waals surface area contributed by atoms with E-state index in [1.54, 1.807) is 19.5 Å². The molecule has 7 rings (SSSR count). The standard InChI is InChI=1S/C28H32N8O3/c1-28(17-38-18-28)36-10-8-34(9-11-36)23-4-3-20(14-24(23)37-2)32-25-26-30-5-7-35(26)16-22(33-25)19-13-21-27(31-15-19)39-12-6-29-21/h3-5,7,13-16,29H,6,8-12,17-18H2,1-2H3,(H,32,33). The first kappa shape index (κ1) is 24.0. The van der Waals surface area contributed by atoms with Crippen LogP contribution in [-0.4, -0.2) is 89.4 Å². The van der Waals surface area contributed by atoms with Crippen LogP contribution in [0.15, 0.2) is 49.1 Å². The average molecular weight is 529 g/mol. The average Bonchev–Trinajstić information content (AvgIpc) is 3.45. The van der Waals surface area contributed by atoms with Crippen molar-refractivity contribution < 1.29 is 14.2 Å². The van der Waals surface area contributed by atoms with Gasteiger partial charge in [-0.1, -0.05) is 0 Å². The second-order valence-corrected chi connectivity index (χ2v) is 10.5. The zero-order chi connectivity index (χ0) is 26.4. The van der Waals surface area contributed by atoms with E-state index < -0.39 is 0 Å². The quantitative estimate of drug-likeness (QED) is 0.388. The van der Waals surface area contributed by atoms with E-state index in [0.29, 0.717) is 18.3 Å². The molecule has 4 aromatic rings. The van der Waals surface area contributed by atoms with E-state index in [-0.39, 0.29) is 5.54 Å². The molecule has 11 heteroatoms. The van der Waals surface area contributed by atoms with E-state index in [2.05, 4.69) is 49.5 Å². The number of imidazole rings is 1. The Morgan fingerprint density at radius 1 is 1.10 bits per heavy atom. The maximum atomic E-state index is 5.84. The number of aromatic nitrogens is 4. The molecule has 0 spiro atoms. The molecule has 2 saturated heterocycles. The lowest BCUT2D eigenvalue weighted by atomic mass is 9.97. The largest absolute Gasteiger partial charge is 0.495 e. The van der Waals surface area contributed by atoms with Crippen LogP contribution in [0.4, 0.5) is 22.9 Å². The second kappa shape index (κ2) is 9.58. The first-order valence-corrected chi connectivity index (χ1v) is 13.3. The number of anilines is 4. The summed E-state index contributed by atoms with van der Waals surface area (Å²) in [6, 6.07) is 8.24. The highest BCUT2D eigenvalue weighted by molar-refractivity contribution is 5.77. The van der Waals surface area contributed by atoms with Gasteiger partial charge in [-0.05, 0) is 25.1 Å². The summed E-state index contributed by atoms with van der Waals surface area (Å²) in [5.41, 5.74) is 5.43. The van der Waals surface area contributed by atoms with E-state index in [9.17, 15) is 0 Å². The van der Waals surface area contributed by atoms with Crippen LogP contribution in [0.5, 0.6) is 11.6 Å². The molecule has 39 heavy (non-hydrogen) atoms. The molecule has 0 radical (unpaired) electrons. The van der Waals surface area contributed by atoms with Gasteiger partial charge in [0.05, 0.1) is 42.9 Å². The van der Waals surface area contributed by atoms with Crippen LogP contribution in [0, 0.1) is 0 Å². The smallest absolute Gasteiger partial charge is 0.237 e. The van der Waals surface area contributed by atoms with E-state index in [0.717, 1.165) is 85.7 Å². The number of ether oxygens (including phenoxy) is 3. The van der Waals surface area contributed by atoms with Crippen molar-refractivity contribution in [3.05, 3.63) is 49.1 Å². The third-order valence-electron chi connectivity index (χ3n) is 7.83. The van der Waals surface area contributed by atoms with Crippen molar-refractivity contribution in [3.63, 3.8) is 0 Å². The van der Waals surface area contributed by atoms with Crippen molar-refractivity contribution in [1.29, 1.82) is 0 Å². The van der Waals surface area contributed by atoms with Gasteiger partial charge >= 0.3 is 0 Å². The number of piperazine rings is 1. The van der Waals surface area contributed by atoms with Gasteiger partial charge in [0.15, 0.2) is 11.5 Å². The number of methoxy groups -OCH3 is 1. The number of rotatable bonds is 6. The third-order valence-corrected chi connectivity index (χ3v) is 7.83. The minimum Gasteiger partial charge on any atom is -0.495 e. The fourth-order valence-electron chi connectivity index (χ4n) is 5.54. The van der Waals surface area contributed by atoms with Crippen LogP contribution in [0.1, 0.15) is 6.92 Å². The van der Waals surface area contributed by atoms with Gasteiger partial charge in [0.1, 0.15) is 12.4 Å². The van der Waals surface area contributed by atoms with Crippen molar-refractivity contribution in [2.75, 3.05) is 75.2 Å². The van der Waals surface area contributed by atoms with Gasteiger partial charge in [0.2, 0.25) is 5.88 Å².